The van der Waals surface area contributed by atoms with Crippen molar-refractivity contribution in [1.29, 1.82) is 0 Å². The molecule has 0 radical (unpaired) electrons. The van der Waals surface area contributed by atoms with Gasteiger partial charge in [0.1, 0.15) is 12.2 Å². The summed E-state index contributed by atoms with van der Waals surface area (Å²) in [7, 11) is 1.53. The van der Waals surface area contributed by atoms with Crippen LogP contribution < -0.4 is 10.4 Å². The molecule has 1 rings (SSSR count). The zero-order valence-corrected chi connectivity index (χ0v) is 25.3. The van der Waals surface area contributed by atoms with Crippen LogP contribution in [-0.2, 0) is 49.5 Å². The predicted molar refractivity (Wildman–Crippen MR) is 146 cm³/mol. The first-order valence-electron chi connectivity index (χ1n) is 12.1. The number of rotatable bonds is 15. The van der Waals surface area contributed by atoms with Crippen molar-refractivity contribution in [1.82, 2.24) is 15.3 Å². The van der Waals surface area contributed by atoms with Crippen LogP contribution in [0.25, 0.3) is 0 Å². The number of carbonyl (C=O) groups is 4. The molecule has 2 amide bonds. The van der Waals surface area contributed by atoms with Gasteiger partial charge in [0, 0.05) is 36.9 Å². The van der Waals surface area contributed by atoms with Gasteiger partial charge in [0.15, 0.2) is 11.3 Å². The maximum atomic E-state index is 14.7. The van der Waals surface area contributed by atoms with Gasteiger partial charge in [-0.15, -0.1) is 0 Å². The number of carbonyl (C=O) groups excluding carboxylic acids is 4. The second-order valence-electron chi connectivity index (χ2n) is 9.86. The van der Waals surface area contributed by atoms with Crippen LogP contribution >= 0.6 is 18.4 Å². The molecule has 1 heterocycles. The summed E-state index contributed by atoms with van der Waals surface area (Å²) in [5, 5.41) is 4.85. The average Bonchev–Trinajstić information content (AvgIpc) is 3.18. The Morgan fingerprint density at radius 1 is 1.26 bits per heavy atom. The highest BCUT2D eigenvalue weighted by molar-refractivity contribution is 8.13. The number of alkyl halides is 1. The minimum atomic E-state index is -3.28. The first-order valence-corrected chi connectivity index (χ1v) is 15.7. The number of halogens is 1. The molecule has 0 aromatic carbocycles. The fourth-order valence-corrected chi connectivity index (χ4v) is 6.25. The molecule has 38 heavy (non-hydrogen) atoms. The van der Waals surface area contributed by atoms with Crippen molar-refractivity contribution in [2.75, 3.05) is 26.0 Å². The van der Waals surface area contributed by atoms with Crippen LogP contribution in [0.15, 0.2) is 12.3 Å². The summed E-state index contributed by atoms with van der Waals surface area (Å²) in [4.78, 5) is 47.6. The summed E-state index contributed by atoms with van der Waals surface area (Å²) < 4.78 is 37.3. The molecule has 1 saturated heterocycles. The Kier molecular flexibility index (Phi) is 14.6. The summed E-state index contributed by atoms with van der Waals surface area (Å²) in [6, 6.07) is -0.841. The largest absolute Gasteiger partial charge is 0.462 e. The van der Waals surface area contributed by atoms with Crippen molar-refractivity contribution < 1.29 is 42.1 Å². The number of nitrogens with zero attached hydrogens (tertiary/aromatic N) is 1. The van der Waals surface area contributed by atoms with Crippen molar-refractivity contribution in [2.45, 2.75) is 78.6 Å². The van der Waals surface area contributed by atoms with Crippen molar-refractivity contribution >= 4 is 53.6 Å². The van der Waals surface area contributed by atoms with E-state index in [1.807, 2.05) is 26.1 Å². The van der Waals surface area contributed by atoms with Gasteiger partial charge in [0.05, 0.1) is 25.4 Å². The van der Waals surface area contributed by atoms with E-state index in [9.17, 15) is 23.6 Å². The van der Waals surface area contributed by atoms with E-state index in [0.717, 1.165) is 17.8 Å². The first kappa shape index (κ1) is 34.6. The minimum Gasteiger partial charge on any atom is -0.462 e. The number of imide groups is 1. The molecule has 1 aliphatic rings. The monoisotopic (exact) mass is 599 g/mol. The fraction of sp³-hybridized carbons (Fsp3) is 0.739. The molecule has 2 N–H and O–H groups in total. The molecule has 0 aromatic rings. The van der Waals surface area contributed by atoms with E-state index in [2.05, 4.69) is 5.09 Å². The molecule has 15 heteroatoms. The zero-order chi connectivity index (χ0) is 29.1. The second-order valence-corrected chi connectivity index (χ2v) is 14.1. The van der Waals surface area contributed by atoms with Gasteiger partial charge >= 0.3 is 5.97 Å². The first-order chi connectivity index (χ1) is 17.6. The van der Waals surface area contributed by atoms with E-state index >= 15 is 0 Å². The highest BCUT2D eigenvalue weighted by Gasteiger charge is 2.39. The predicted octanol–water partition coefficient (Wildman–Crippen LogP) is 2.65. The fourth-order valence-electron chi connectivity index (χ4n) is 2.97. The lowest BCUT2D eigenvalue weighted by atomic mass is 10.00. The number of esters is 1. The van der Waals surface area contributed by atoms with Gasteiger partial charge in [-0.1, -0.05) is 32.5 Å². The van der Waals surface area contributed by atoms with Crippen LogP contribution in [0.5, 0.6) is 0 Å². The van der Waals surface area contributed by atoms with E-state index in [1.165, 1.54) is 18.1 Å². The van der Waals surface area contributed by atoms with Gasteiger partial charge in [0.25, 0.3) is 12.5 Å². The maximum absolute atomic E-state index is 14.7. The molecule has 0 saturated carbocycles. The number of amides is 2. The molecule has 11 nitrogen and oxygen atoms in total. The summed E-state index contributed by atoms with van der Waals surface area (Å²) >= 11 is 6.73. The van der Waals surface area contributed by atoms with Gasteiger partial charge < -0.3 is 23.4 Å². The standard InChI is InChI=1S/C23H39FN3O8PS2/c1-15(2)34-21(30)16(3)26-36(37,32-10-11-38-22(31)23(4,5)6)33-13-17-12-18(24)20(35-17)27(7)9-8-19(29)25-14-28/h8-9,14-18,20H,10-13H2,1-7H3,(H,26,37)(H,25,28,29)/b9-8-. The average molecular weight is 600 g/mol. The summed E-state index contributed by atoms with van der Waals surface area (Å²) in [6.45, 7) is 7.15. The molecule has 0 aromatic heterocycles. The molecule has 0 aliphatic carbocycles. The molecular formula is C23H39FN3O8PS2. The topological polar surface area (TPSA) is 132 Å². The number of hydrogen-bond donors (Lipinski definition) is 2. The highest BCUT2D eigenvalue weighted by atomic mass is 32.5. The summed E-state index contributed by atoms with van der Waals surface area (Å²) in [5.74, 6) is -0.864. The molecule has 1 aliphatic heterocycles. The molecule has 1 fully saturated rings. The molecule has 0 spiro atoms. The van der Waals surface area contributed by atoms with Crippen LogP contribution in [0.3, 0.4) is 0 Å². The molecule has 5 unspecified atom stereocenters. The Hall–Kier alpha value is -1.41. The molecule has 0 bridgehead atoms. The Labute approximate surface area is 233 Å². The van der Waals surface area contributed by atoms with Gasteiger partial charge in [-0.05, 0) is 32.6 Å². The Morgan fingerprint density at radius 3 is 2.50 bits per heavy atom. The Morgan fingerprint density at radius 2 is 1.92 bits per heavy atom. The maximum Gasteiger partial charge on any atom is 0.323 e. The quantitative estimate of drug-likeness (QED) is 0.0943. The zero-order valence-electron chi connectivity index (χ0n) is 22.8. The lowest BCUT2D eigenvalue weighted by Gasteiger charge is -2.28. The van der Waals surface area contributed by atoms with Gasteiger partial charge in [-0.2, -0.15) is 0 Å². The minimum absolute atomic E-state index is 0.000402. The van der Waals surface area contributed by atoms with E-state index in [-0.39, 0.29) is 37.3 Å². The van der Waals surface area contributed by atoms with Crippen molar-refractivity contribution in [3.05, 3.63) is 12.3 Å². The Balaban J connectivity index is 2.80. The van der Waals surface area contributed by atoms with E-state index < -0.39 is 48.5 Å². The Bertz CT molecular complexity index is 902. The molecule has 218 valence electrons. The lowest BCUT2D eigenvalue weighted by Crippen LogP contribution is -2.36. The summed E-state index contributed by atoms with van der Waals surface area (Å²) in [5.41, 5.74) is -0.505. The summed E-state index contributed by atoms with van der Waals surface area (Å²) in [6.07, 6.45) is -0.772. The number of hydrogen-bond acceptors (Lipinski definition) is 11. The van der Waals surface area contributed by atoms with Gasteiger partial charge in [-0.25, -0.2) is 9.48 Å². The van der Waals surface area contributed by atoms with Crippen LogP contribution in [-0.4, -0.2) is 85.0 Å². The van der Waals surface area contributed by atoms with Crippen LogP contribution in [0.2, 0.25) is 0 Å². The van der Waals surface area contributed by atoms with Crippen molar-refractivity contribution in [2.24, 2.45) is 5.41 Å². The SMILES string of the molecule is CC(C)OC(=O)C(C)NP(=S)(OCCSC(=O)C(C)(C)C)OCC1CC(F)C(N(C)/C=C\C(=O)NC=O)O1. The second kappa shape index (κ2) is 16.0. The van der Waals surface area contributed by atoms with Gasteiger partial charge in [-0.3, -0.25) is 24.5 Å². The van der Waals surface area contributed by atoms with Crippen LogP contribution in [0, 0.1) is 5.41 Å². The third-order valence-electron chi connectivity index (χ3n) is 4.87. The smallest absolute Gasteiger partial charge is 0.323 e. The van der Waals surface area contributed by atoms with E-state index in [1.54, 1.807) is 20.8 Å². The molecular weight excluding hydrogens is 560 g/mol. The number of ether oxygens (including phenoxy) is 2. The normalized spacial score (nSPS) is 22.2. The van der Waals surface area contributed by atoms with E-state index in [4.69, 9.17) is 30.3 Å². The van der Waals surface area contributed by atoms with E-state index in [0.29, 0.717) is 5.75 Å². The van der Waals surface area contributed by atoms with Crippen molar-refractivity contribution in [3.8, 4) is 0 Å². The third-order valence-corrected chi connectivity index (χ3v) is 8.78. The van der Waals surface area contributed by atoms with Gasteiger partial charge in [0.2, 0.25) is 6.41 Å². The van der Waals surface area contributed by atoms with Crippen LogP contribution in [0.4, 0.5) is 4.39 Å². The van der Waals surface area contributed by atoms with Crippen LogP contribution in [0.1, 0.15) is 48.0 Å². The van der Waals surface area contributed by atoms with Crippen molar-refractivity contribution in [3.63, 3.8) is 0 Å². The molecule has 5 atom stereocenters. The highest BCUT2D eigenvalue weighted by Crippen LogP contribution is 2.46. The number of nitrogens with one attached hydrogen (secondary N) is 2. The third kappa shape index (κ3) is 12.6. The lowest BCUT2D eigenvalue weighted by molar-refractivity contribution is -0.149. The number of thioether (sulfide) groups is 1.